The number of tetrazole rings is 1. The van der Waals surface area contributed by atoms with E-state index in [-0.39, 0.29) is 42.4 Å². The summed E-state index contributed by atoms with van der Waals surface area (Å²) in [5.74, 6) is 0.669. The largest absolute Gasteiger partial charge is 0.344 e. The molecule has 2 N–H and O–H groups in total. The van der Waals surface area contributed by atoms with Crippen molar-refractivity contribution in [3.05, 3.63) is 48.6 Å². The highest BCUT2D eigenvalue weighted by atomic mass is 32.1. The number of hydrogen-bond donors (Lipinski definition) is 2. The van der Waals surface area contributed by atoms with Crippen LogP contribution in [0.1, 0.15) is 72.2 Å². The molecule has 3 amide bonds. The molecule has 1 saturated heterocycles. The summed E-state index contributed by atoms with van der Waals surface area (Å²) in [6.45, 7) is 2.12. The first kappa shape index (κ1) is 29.4. The normalized spacial score (nSPS) is 22.0. The molecule has 4 atom stereocenters. The monoisotopic (exact) mass is 621 g/mol. The number of piperidine rings is 1. The van der Waals surface area contributed by atoms with Crippen LogP contribution >= 0.6 is 22.7 Å². The van der Waals surface area contributed by atoms with Gasteiger partial charge < -0.3 is 20.0 Å². The molecule has 0 spiro atoms. The van der Waals surface area contributed by atoms with Gasteiger partial charge >= 0.3 is 0 Å². The van der Waals surface area contributed by atoms with Crippen LogP contribution in [0.2, 0.25) is 0 Å². The third kappa shape index (κ3) is 5.03. The number of nitriles is 1. The van der Waals surface area contributed by atoms with Gasteiger partial charge in [-0.2, -0.15) is 10.5 Å². The van der Waals surface area contributed by atoms with Gasteiger partial charge in [-0.25, -0.2) is 0 Å². The first-order chi connectivity index (χ1) is 20.5. The molecule has 0 aromatic carbocycles. The van der Waals surface area contributed by atoms with Gasteiger partial charge in [-0.05, 0) is 68.2 Å². The quantitative estimate of drug-likeness (QED) is 0.388. The van der Waals surface area contributed by atoms with E-state index in [9.17, 15) is 19.6 Å². The molecule has 12 nitrogen and oxygen atoms in total. The first-order valence-corrected chi connectivity index (χ1v) is 16.1. The van der Waals surface area contributed by atoms with Crippen molar-refractivity contribution in [2.45, 2.75) is 62.6 Å². The van der Waals surface area contributed by atoms with Gasteiger partial charge in [0.2, 0.25) is 5.91 Å². The average Bonchev–Trinajstić information content (AvgIpc) is 3.48. The van der Waals surface area contributed by atoms with Gasteiger partial charge in [0.15, 0.2) is 5.82 Å². The molecule has 6 rings (SSSR count). The Bertz CT molecular complexity index is 1540. The van der Waals surface area contributed by atoms with E-state index < -0.39 is 5.41 Å². The molecule has 2 fully saturated rings. The molecular formula is C29H35N9O3S2. The zero-order valence-electron chi connectivity index (χ0n) is 24.9. The Morgan fingerprint density at radius 2 is 1.70 bits per heavy atom. The van der Waals surface area contributed by atoms with Crippen molar-refractivity contribution in [3.63, 3.8) is 0 Å². The highest BCUT2D eigenvalue weighted by molar-refractivity contribution is 7.15. The van der Waals surface area contributed by atoms with E-state index in [1.807, 2.05) is 19.1 Å². The van der Waals surface area contributed by atoms with Gasteiger partial charge in [-0.1, -0.05) is 5.21 Å². The lowest BCUT2D eigenvalue weighted by atomic mass is 9.70. The van der Waals surface area contributed by atoms with Crippen LogP contribution < -0.4 is 5.32 Å². The smallest absolute Gasteiger partial charge is 0.263 e. The van der Waals surface area contributed by atoms with Crippen LogP contribution in [0.15, 0.2) is 12.1 Å². The predicted molar refractivity (Wildman–Crippen MR) is 161 cm³/mol. The number of aromatic amines is 1. The second-order valence-corrected chi connectivity index (χ2v) is 14.4. The summed E-state index contributed by atoms with van der Waals surface area (Å²) >= 11 is 2.97. The molecule has 1 aliphatic heterocycles. The van der Waals surface area contributed by atoms with Crippen molar-refractivity contribution < 1.29 is 14.4 Å². The number of fused-ring (bicyclic) bond motifs is 3. The Morgan fingerprint density at radius 1 is 1.09 bits per heavy atom. The number of hydrogen-bond acceptors (Lipinski definition) is 10. The van der Waals surface area contributed by atoms with Crippen molar-refractivity contribution in [1.82, 2.24) is 40.6 Å². The van der Waals surface area contributed by atoms with E-state index in [1.165, 1.54) is 22.7 Å². The number of aryl methyl sites for hydroxylation is 2. The number of amides is 3. The molecule has 3 aliphatic rings. The lowest BCUT2D eigenvalue weighted by Gasteiger charge is -2.34. The van der Waals surface area contributed by atoms with E-state index in [0.717, 1.165) is 33.7 Å². The first-order valence-electron chi connectivity index (χ1n) is 14.4. The number of likely N-dealkylation sites (tertiary alicyclic amines) is 1. The number of carbonyl (C=O) groups is 3. The van der Waals surface area contributed by atoms with Crippen LogP contribution in [-0.2, 0) is 23.1 Å². The Kier molecular flexibility index (Phi) is 7.60. The second kappa shape index (κ2) is 11.1. The number of rotatable bonds is 8. The van der Waals surface area contributed by atoms with E-state index in [4.69, 9.17) is 0 Å². The minimum Gasteiger partial charge on any atom is -0.344 e. The molecule has 1 unspecified atom stereocenters. The van der Waals surface area contributed by atoms with Crippen LogP contribution in [0.25, 0.3) is 0 Å². The minimum atomic E-state index is -0.934. The summed E-state index contributed by atoms with van der Waals surface area (Å²) < 4.78 is 0. The highest BCUT2D eigenvalue weighted by Crippen LogP contribution is 2.51. The van der Waals surface area contributed by atoms with Crippen LogP contribution in [0, 0.1) is 17.2 Å². The van der Waals surface area contributed by atoms with E-state index in [0.29, 0.717) is 40.8 Å². The zero-order chi connectivity index (χ0) is 30.6. The molecule has 43 heavy (non-hydrogen) atoms. The van der Waals surface area contributed by atoms with Gasteiger partial charge in [0.25, 0.3) is 11.8 Å². The lowest BCUT2D eigenvalue weighted by Crippen LogP contribution is -2.46. The van der Waals surface area contributed by atoms with Crippen molar-refractivity contribution in [2.75, 3.05) is 34.7 Å². The van der Waals surface area contributed by atoms with Crippen LogP contribution in [0.4, 0.5) is 0 Å². The van der Waals surface area contributed by atoms with Gasteiger partial charge in [-0.3, -0.25) is 14.4 Å². The molecular weight excluding hydrogens is 587 g/mol. The average molecular weight is 622 g/mol. The van der Waals surface area contributed by atoms with E-state index in [2.05, 4.69) is 32.0 Å². The maximum absolute atomic E-state index is 13.3. The van der Waals surface area contributed by atoms with Gasteiger partial charge in [0.1, 0.15) is 6.04 Å². The number of thiophene rings is 2. The summed E-state index contributed by atoms with van der Waals surface area (Å²) in [7, 11) is 6.94. The molecule has 1 saturated carbocycles. The zero-order valence-corrected chi connectivity index (χ0v) is 26.5. The summed E-state index contributed by atoms with van der Waals surface area (Å²) in [5, 5.41) is 28.6. The van der Waals surface area contributed by atoms with Crippen molar-refractivity contribution >= 4 is 40.4 Å². The fourth-order valence-electron chi connectivity index (χ4n) is 6.68. The van der Waals surface area contributed by atoms with Gasteiger partial charge in [0, 0.05) is 50.0 Å². The minimum absolute atomic E-state index is 0.0666. The number of nitrogens with one attached hydrogen (secondary N) is 2. The van der Waals surface area contributed by atoms with Crippen LogP contribution in [0.5, 0.6) is 0 Å². The fraction of sp³-hybridized carbons (Fsp3) is 0.552. The topological polar surface area (TPSA) is 151 Å². The Labute approximate surface area is 258 Å². The summed E-state index contributed by atoms with van der Waals surface area (Å²) in [5.41, 5.74) is 0.917. The number of nitrogens with zero attached hydrogens (tertiary/aromatic N) is 7. The summed E-state index contributed by atoms with van der Waals surface area (Å²) in [6, 6.07) is 5.81. The summed E-state index contributed by atoms with van der Waals surface area (Å²) in [4.78, 5) is 47.8. The molecule has 226 valence electrons. The van der Waals surface area contributed by atoms with Gasteiger partial charge in [0.05, 0.1) is 27.8 Å². The SMILES string of the molecule is C[C@H](CC1(c2nn[nH]n2)c2cc(C(=O)N(C)C)sc2CCc2sc(C(=O)N(C)C)cc21)NCC(=O)N1C(C#N)C[C@@H]2C[C@@H]21. The molecule has 2 aliphatic carbocycles. The standard InChI is InChI=1S/C29H35N9O3S2/c1-15(31-14-25(39)38-17(13-30)8-16-9-20(16)38)12-29(28-32-34-35-33-28)18-10-23(26(40)36(2)3)42-21(18)6-7-22-19(29)11-24(43-22)27(41)37(4)5/h10-11,15-17,20,31H,6-9,12,14H2,1-5H3,(H,32,33,34,35)/t15-,16-,17?,20+/m1/s1. The van der Waals surface area contributed by atoms with Gasteiger partial charge in [-0.15, -0.1) is 32.9 Å². The lowest BCUT2D eigenvalue weighted by molar-refractivity contribution is -0.131. The molecule has 14 heteroatoms. The highest BCUT2D eigenvalue weighted by Gasteiger charge is 2.54. The molecule has 3 aromatic heterocycles. The Morgan fingerprint density at radius 3 is 2.21 bits per heavy atom. The van der Waals surface area contributed by atoms with E-state index in [1.54, 1.807) is 42.9 Å². The number of carbonyl (C=O) groups excluding carboxylic acids is 3. The van der Waals surface area contributed by atoms with Crippen LogP contribution in [-0.4, -0.2) is 106 Å². The molecule has 4 heterocycles. The van der Waals surface area contributed by atoms with Crippen molar-refractivity contribution in [1.29, 1.82) is 5.26 Å². The maximum Gasteiger partial charge on any atom is 0.263 e. The molecule has 3 aromatic rings. The van der Waals surface area contributed by atoms with Crippen molar-refractivity contribution in [2.24, 2.45) is 5.92 Å². The van der Waals surface area contributed by atoms with E-state index >= 15 is 0 Å². The predicted octanol–water partition coefficient (Wildman–Crippen LogP) is 2.04. The fourth-order valence-corrected chi connectivity index (χ4v) is 9.20. The summed E-state index contributed by atoms with van der Waals surface area (Å²) in [6.07, 6.45) is 3.59. The molecule has 0 bridgehead atoms. The number of aromatic nitrogens is 4. The molecule has 0 radical (unpaired) electrons. The van der Waals surface area contributed by atoms with Crippen molar-refractivity contribution in [3.8, 4) is 6.07 Å². The maximum atomic E-state index is 13.3. The Balaban J connectivity index is 1.41. The second-order valence-electron chi connectivity index (χ2n) is 12.2. The third-order valence-corrected chi connectivity index (χ3v) is 11.2. The Hall–Kier alpha value is -3.67. The van der Waals surface area contributed by atoms with Crippen LogP contribution in [0.3, 0.4) is 0 Å². The number of H-pyrrole nitrogens is 1. The third-order valence-electron chi connectivity index (χ3n) is 8.83.